The van der Waals surface area contributed by atoms with E-state index in [2.05, 4.69) is 0 Å². The Morgan fingerprint density at radius 3 is 2.67 bits per heavy atom. The lowest BCUT2D eigenvalue weighted by Gasteiger charge is -2.07. The van der Waals surface area contributed by atoms with Gasteiger partial charge in [-0.2, -0.15) is 0 Å². The van der Waals surface area contributed by atoms with Crippen molar-refractivity contribution in [3.05, 3.63) is 71.4 Å². The largest absolute Gasteiger partial charge is 0.342 e. The molecule has 3 aromatic rings. The number of para-hydroxylation sites is 1. The Bertz CT molecular complexity index is 836. The predicted octanol–water partition coefficient (Wildman–Crippen LogP) is 4.17. The smallest absolute Gasteiger partial charge is 0.161 e. The number of benzene rings is 2. The summed E-state index contributed by atoms with van der Waals surface area (Å²) < 4.78 is 28.8. The molecular formula is C17H13F2NO. The SMILES string of the molecule is CC(=O)c1cn(Cc2cc(F)ccc2F)c2ccccc12. The van der Waals surface area contributed by atoms with Gasteiger partial charge in [0.15, 0.2) is 5.78 Å². The third-order valence-electron chi connectivity index (χ3n) is 3.52. The van der Waals surface area contributed by atoms with Gasteiger partial charge in [-0.05, 0) is 31.2 Å². The highest BCUT2D eigenvalue weighted by molar-refractivity contribution is 6.06. The van der Waals surface area contributed by atoms with Crippen LogP contribution < -0.4 is 0 Å². The van der Waals surface area contributed by atoms with Crippen LogP contribution in [0.2, 0.25) is 0 Å². The van der Waals surface area contributed by atoms with Crippen LogP contribution in [-0.2, 0) is 6.54 Å². The number of fused-ring (bicyclic) bond motifs is 1. The molecule has 0 aliphatic heterocycles. The summed E-state index contributed by atoms with van der Waals surface area (Å²) in [5.41, 5.74) is 1.67. The van der Waals surface area contributed by atoms with E-state index in [4.69, 9.17) is 0 Å². The topological polar surface area (TPSA) is 22.0 Å². The number of rotatable bonds is 3. The van der Waals surface area contributed by atoms with Gasteiger partial charge in [-0.15, -0.1) is 0 Å². The van der Waals surface area contributed by atoms with E-state index in [1.165, 1.54) is 13.0 Å². The van der Waals surface area contributed by atoms with Gasteiger partial charge in [0.25, 0.3) is 0 Å². The molecule has 0 saturated heterocycles. The minimum atomic E-state index is -0.477. The number of halogens is 2. The van der Waals surface area contributed by atoms with Crippen LogP contribution >= 0.6 is 0 Å². The fourth-order valence-electron chi connectivity index (χ4n) is 2.51. The van der Waals surface area contributed by atoms with Crippen molar-refractivity contribution in [2.45, 2.75) is 13.5 Å². The maximum Gasteiger partial charge on any atom is 0.161 e. The van der Waals surface area contributed by atoms with Crippen LogP contribution in [0.1, 0.15) is 22.8 Å². The first-order chi connectivity index (χ1) is 10.1. The Kier molecular flexibility index (Phi) is 3.29. The number of nitrogens with zero attached hydrogens (tertiary/aromatic N) is 1. The molecule has 0 atom stereocenters. The summed E-state index contributed by atoms with van der Waals surface area (Å²) in [6, 6.07) is 10.8. The average molecular weight is 285 g/mol. The second kappa shape index (κ2) is 5.13. The molecule has 2 aromatic carbocycles. The maximum atomic E-state index is 13.8. The van der Waals surface area contributed by atoms with Crippen molar-refractivity contribution in [1.29, 1.82) is 0 Å². The molecule has 0 N–H and O–H groups in total. The molecule has 2 nitrogen and oxygen atoms in total. The lowest BCUT2D eigenvalue weighted by molar-refractivity contribution is 0.101. The second-order valence-electron chi connectivity index (χ2n) is 4.98. The predicted molar refractivity (Wildman–Crippen MR) is 77.4 cm³/mol. The molecule has 0 unspecified atom stereocenters. The molecule has 0 spiro atoms. The molecule has 0 aliphatic carbocycles. The molecule has 21 heavy (non-hydrogen) atoms. The van der Waals surface area contributed by atoms with Gasteiger partial charge in [0.1, 0.15) is 11.6 Å². The minimum absolute atomic E-state index is 0.0512. The third-order valence-corrected chi connectivity index (χ3v) is 3.52. The van der Waals surface area contributed by atoms with Crippen molar-refractivity contribution in [2.24, 2.45) is 0 Å². The van der Waals surface area contributed by atoms with E-state index in [9.17, 15) is 13.6 Å². The lowest BCUT2D eigenvalue weighted by Crippen LogP contribution is -2.01. The third kappa shape index (κ3) is 2.44. The van der Waals surface area contributed by atoms with E-state index in [-0.39, 0.29) is 17.9 Å². The van der Waals surface area contributed by atoms with E-state index in [1.54, 1.807) is 10.8 Å². The summed E-state index contributed by atoms with van der Waals surface area (Å²) in [6.07, 6.45) is 1.69. The number of ketones is 1. The van der Waals surface area contributed by atoms with Crippen LogP contribution in [0.15, 0.2) is 48.7 Å². The molecule has 0 aliphatic rings. The first-order valence-corrected chi connectivity index (χ1v) is 6.59. The number of hydrogen-bond acceptors (Lipinski definition) is 1. The highest BCUT2D eigenvalue weighted by Crippen LogP contribution is 2.23. The van der Waals surface area contributed by atoms with Crippen LogP contribution in [-0.4, -0.2) is 10.4 Å². The molecule has 1 aromatic heterocycles. The molecule has 0 radical (unpaired) electrons. The Balaban J connectivity index is 2.13. The van der Waals surface area contributed by atoms with Crippen LogP contribution in [0.25, 0.3) is 10.9 Å². The van der Waals surface area contributed by atoms with Crippen molar-refractivity contribution < 1.29 is 13.6 Å². The van der Waals surface area contributed by atoms with E-state index >= 15 is 0 Å². The van der Waals surface area contributed by atoms with Crippen LogP contribution in [0.4, 0.5) is 8.78 Å². The first-order valence-electron chi connectivity index (χ1n) is 6.59. The van der Waals surface area contributed by atoms with Crippen molar-refractivity contribution in [3.63, 3.8) is 0 Å². The van der Waals surface area contributed by atoms with Crippen LogP contribution in [0.5, 0.6) is 0 Å². The summed E-state index contributed by atoms with van der Waals surface area (Å²) in [4.78, 5) is 11.7. The molecule has 0 saturated carbocycles. The van der Waals surface area contributed by atoms with Gasteiger partial charge in [0.2, 0.25) is 0 Å². The number of carbonyl (C=O) groups excluding carboxylic acids is 1. The molecular weight excluding hydrogens is 272 g/mol. The monoisotopic (exact) mass is 285 g/mol. The van der Waals surface area contributed by atoms with E-state index in [0.717, 1.165) is 23.0 Å². The number of carbonyl (C=O) groups is 1. The molecule has 0 amide bonds. The Morgan fingerprint density at radius 2 is 1.90 bits per heavy atom. The van der Waals surface area contributed by atoms with Crippen LogP contribution in [0.3, 0.4) is 0 Å². The van der Waals surface area contributed by atoms with Gasteiger partial charge in [0.05, 0.1) is 6.54 Å². The van der Waals surface area contributed by atoms with Crippen LogP contribution in [0, 0.1) is 11.6 Å². The van der Waals surface area contributed by atoms with Gasteiger partial charge >= 0.3 is 0 Å². The van der Waals surface area contributed by atoms with Crippen molar-refractivity contribution in [3.8, 4) is 0 Å². The van der Waals surface area contributed by atoms with Crippen molar-refractivity contribution >= 4 is 16.7 Å². The Hall–Kier alpha value is -2.49. The second-order valence-corrected chi connectivity index (χ2v) is 4.98. The fraction of sp³-hybridized carbons (Fsp3) is 0.118. The molecule has 0 fully saturated rings. The summed E-state index contributed by atoms with van der Waals surface area (Å²) in [7, 11) is 0. The number of Topliss-reactive ketones (excluding diaryl/α,β-unsaturated/α-hetero) is 1. The first kappa shape index (κ1) is 13.5. The summed E-state index contributed by atoms with van der Waals surface area (Å²) in [5.74, 6) is -0.988. The highest BCUT2D eigenvalue weighted by Gasteiger charge is 2.13. The van der Waals surface area contributed by atoms with Gasteiger partial charge in [-0.1, -0.05) is 18.2 Å². The quantitative estimate of drug-likeness (QED) is 0.662. The zero-order valence-corrected chi connectivity index (χ0v) is 11.4. The Morgan fingerprint density at radius 1 is 1.14 bits per heavy atom. The molecule has 4 heteroatoms. The fourth-order valence-corrected chi connectivity index (χ4v) is 2.51. The van der Waals surface area contributed by atoms with Crippen molar-refractivity contribution in [2.75, 3.05) is 0 Å². The van der Waals surface area contributed by atoms with E-state index in [1.807, 2.05) is 24.3 Å². The minimum Gasteiger partial charge on any atom is -0.342 e. The van der Waals surface area contributed by atoms with Gasteiger partial charge in [-0.25, -0.2) is 8.78 Å². The summed E-state index contributed by atoms with van der Waals surface area (Å²) in [6.45, 7) is 1.67. The van der Waals surface area contributed by atoms with Gasteiger partial charge < -0.3 is 4.57 Å². The van der Waals surface area contributed by atoms with Crippen molar-refractivity contribution in [1.82, 2.24) is 4.57 Å². The van der Waals surface area contributed by atoms with Gasteiger partial charge in [-0.3, -0.25) is 4.79 Å². The molecule has 1 heterocycles. The molecule has 0 bridgehead atoms. The highest BCUT2D eigenvalue weighted by atomic mass is 19.1. The van der Waals surface area contributed by atoms with Gasteiger partial charge in [0, 0.05) is 28.2 Å². The number of aromatic nitrogens is 1. The average Bonchev–Trinajstić information content (AvgIpc) is 2.82. The molecule has 3 rings (SSSR count). The number of hydrogen-bond donors (Lipinski definition) is 0. The normalized spacial score (nSPS) is 11.0. The lowest BCUT2D eigenvalue weighted by atomic mass is 10.1. The Labute approximate surface area is 120 Å². The van der Waals surface area contributed by atoms with E-state index < -0.39 is 11.6 Å². The standard InChI is InChI=1S/C17H13F2NO/c1-11(21)15-10-20(17-5-3-2-4-14(15)17)9-12-8-13(18)6-7-16(12)19/h2-8,10H,9H2,1H3. The summed E-state index contributed by atoms with van der Waals surface area (Å²) >= 11 is 0. The maximum absolute atomic E-state index is 13.8. The van der Waals surface area contributed by atoms with E-state index in [0.29, 0.717) is 5.56 Å². The zero-order chi connectivity index (χ0) is 15.0. The summed E-state index contributed by atoms with van der Waals surface area (Å²) in [5, 5.41) is 0.821. The zero-order valence-electron chi connectivity index (χ0n) is 11.4. The molecule has 106 valence electrons.